The van der Waals surface area contributed by atoms with Gasteiger partial charge >= 0.3 is 6.18 Å². The first-order valence-corrected chi connectivity index (χ1v) is 7.61. The van der Waals surface area contributed by atoms with Gasteiger partial charge in [0.05, 0.1) is 18.4 Å². The summed E-state index contributed by atoms with van der Waals surface area (Å²) >= 11 is 0. The Labute approximate surface area is 141 Å². The predicted molar refractivity (Wildman–Crippen MR) is 83.9 cm³/mol. The molecule has 1 aliphatic rings. The molecule has 1 amide bonds. The van der Waals surface area contributed by atoms with Crippen molar-refractivity contribution in [3.05, 3.63) is 59.4 Å². The van der Waals surface area contributed by atoms with E-state index >= 15 is 0 Å². The van der Waals surface area contributed by atoms with E-state index in [-0.39, 0.29) is 23.5 Å². The summed E-state index contributed by atoms with van der Waals surface area (Å²) in [4.78, 5) is 12.3. The van der Waals surface area contributed by atoms with Gasteiger partial charge in [-0.1, -0.05) is 12.1 Å². The van der Waals surface area contributed by atoms with E-state index in [1.54, 1.807) is 0 Å². The minimum atomic E-state index is -4.38. The van der Waals surface area contributed by atoms with Crippen LogP contribution in [0, 0.1) is 11.7 Å². The molecule has 25 heavy (non-hydrogen) atoms. The summed E-state index contributed by atoms with van der Waals surface area (Å²) in [7, 11) is 1.37. The maximum absolute atomic E-state index is 13.2. The maximum Gasteiger partial charge on any atom is 0.416 e. The van der Waals surface area contributed by atoms with Crippen LogP contribution in [0.3, 0.4) is 0 Å². The molecule has 0 spiro atoms. The first-order chi connectivity index (χ1) is 11.8. The van der Waals surface area contributed by atoms with Crippen molar-refractivity contribution < 1.29 is 27.1 Å². The van der Waals surface area contributed by atoms with E-state index in [0.29, 0.717) is 17.7 Å². The molecule has 3 nitrogen and oxygen atoms in total. The molecule has 3 rings (SSSR count). The molecule has 1 saturated carbocycles. The van der Waals surface area contributed by atoms with Crippen molar-refractivity contribution >= 4 is 11.6 Å². The van der Waals surface area contributed by atoms with Gasteiger partial charge in [-0.25, -0.2) is 4.39 Å². The summed E-state index contributed by atoms with van der Waals surface area (Å²) in [6.45, 7) is 0. The Bertz CT molecular complexity index is 787. The van der Waals surface area contributed by atoms with Gasteiger partial charge in [0, 0.05) is 12.0 Å². The number of carbonyl (C=O) groups excluding carboxylic acids is 1. The number of hydrogen-bond acceptors (Lipinski definition) is 2. The number of halogens is 4. The van der Waals surface area contributed by atoms with Crippen LogP contribution in [-0.2, 0) is 11.0 Å². The number of ether oxygens (including phenoxy) is 1. The third-order valence-electron chi connectivity index (χ3n) is 4.21. The van der Waals surface area contributed by atoms with Gasteiger partial charge in [0.2, 0.25) is 5.91 Å². The Morgan fingerprint density at radius 1 is 1.16 bits per heavy atom. The molecule has 0 bridgehead atoms. The van der Waals surface area contributed by atoms with Gasteiger partial charge in [-0.3, -0.25) is 4.79 Å². The van der Waals surface area contributed by atoms with Crippen molar-refractivity contribution in [2.75, 3.05) is 12.4 Å². The number of rotatable bonds is 4. The second-order valence-corrected chi connectivity index (χ2v) is 5.90. The molecule has 2 atom stereocenters. The Morgan fingerprint density at radius 2 is 1.84 bits per heavy atom. The van der Waals surface area contributed by atoms with Gasteiger partial charge in [-0.15, -0.1) is 0 Å². The summed E-state index contributed by atoms with van der Waals surface area (Å²) in [6.07, 6.45) is -3.82. The quantitative estimate of drug-likeness (QED) is 0.816. The first-order valence-electron chi connectivity index (χ1n) is 7.61. The van der Waals surface area contributed by atoms with Crippen LogP contribution >= 0.6 is 0 Å². The highest BCUT2D eigenvalue weighted by molar-refractivity contribution is 5.96. The number of alkyl halides is 3. The highest BCUT2D eigenvalue weighted by Gasteiger charge is 2.44. The SMILES string of the molecule is COc1cc(F)ccc1NC(=O)C1CC1c1ccc(C(F)(F)F)cc1. The molecule has 2 unspecified atom stereocenters. The summed E-state index contributed by atoms with van der Waals surface area (Å²) in [5, 5.41) is 2.68. The topological polar surface area (TPSA) is 38.3 Å². The summed E-state index contributed by atoms with van der Waals surface area (Å²) in [5.41, 5.74) is 0.333. The fourth-order valence-corrected chi connectivity index (χ4v) is 2.77. The zero-order valence-corrected chi connectivity index (χ0v) is 13.2. The number of anilines is 1. The van der Waals surface area contributed by atoms with Gasteiger partial charge in [-0.05, 0) is 42.2 Å². The van der Waals surface area contributed by atoms with Crippen LogP contribution in [0.2, 0.25) is 0 Å². The molecule has 1 fully saturated rings. The Morgan fingerprint density at radius 3 is 2.44 bits per heavy atom. The molecule has 0 heterocycles. The monoisotopic (exact) mass is 353 g/mol. The molecule has 1 N–H and O–H groups in total. The minimum Gasteiger partial charge on any atom is -0.494 e. The Balaban J connectivity index is 1.66. The molecule has 0 aromatic heterocycles. The van der Waals surface area contributed by atoms with Crippen molar-refractivity contribution in [2.45, 2.75) is 18.5 Å². The highest BCUT2D eigenvalue weighted by Crippen LogP contribution is 2.48. The van der Waals surface area contributed by atoms with E-state index in [1.165, 1.54) is 31.4 Å². The smallest absolute Gasteiger partial charge is 0.416 e. The van der Waals surface area contributed by atoms with Crippen LogP contribution in [0.1, 0.15) is 23.5 Å². The van der Waals surface area contributed by atoms with E-state index in [0.717, 1.165) is 18.2 Å². The zero-order valence-electron chi connectivity index (χ0n) is 13.2. The molecule has 7 heteroatoms. The maximum atomic E-state index is 13.2. The Hall–Kier alpha value is -2.57. The molecule has 2 aromatic carbocycles. The summed E-state index contributed by atoms with van der Waals surface area (Å²) < 4.78 is 55.9. The molecule has 2 aromatic rings. The second kappa shape index (κ2) is 6.38. The number of hydrogen-bond donors (Lipinski definition) is 1. The minimum absolute atomic E-state index is 0.117. The first kappa shape index (κ1) is 17.3. The lowest BCUT2D eigenvalue weighted by Gasteiger charge is -2.10. The van der Waals surface area contributed by atoms with E-state index in [9.17, 15) is 22.4 Å². The number of amides is 1. The van der Waals surface area contributed by atoms with Gasteiger partial charge < -0.3 is 10.1 Å². The van der Waals surface area contributed by atoms with Crippen molar-refractivity contribution in [1.82, 2.24) is 0 Å². The number of carbonyl (C=O) groups is 1. The van der Waals surface area contributed by atoms with E-state index in [4.69, 9.17) is 4.74 Å². The average Bonchev–Trinajstić information content (AvgIpc) is 3.36. The fraction of sp³-hybridized carbons (Fsp3) is 0.278. The number of nitrogens with one attached hydrogen (secondary N) is 1. The van der Waals surface area contributed by atoms with Crippen LogP contribution in [0.5, 0.6) is 5.75 Å². The van der Waals surface area contributed by atoms with Crippen LogP contribution in [0.25, 0.3) is 0 Å². The lowest BCUT2D eigenvalue weighted by Crippen LogP contribution is -2.15. The highest BCUT2D eigenvalue weighted by atomic mass is 19.4. The van der Waals surface area contributed by atoms with Crippen LogP contribution in [0.15, 0.2) is 42.5 Å². The number of methoxy groups -OCH3 is 1. The van der Waals surface area contributed by atoms with Crippen molar-refractivity contribution in [1.29, 1.82) is 0 Å². The lowest BCUT2D eigenvalue weighted by atomic mass is 10.1. The normalized spacial score (nSPS) is 19.4. The van der Waals surface area contributed by atoms with Gasteiger partial charge in [0.1, 0.15) is 11.6 Å². The van der Waals surface area contributed by atoms with Crippen LogP contribution in [-0.4, -0.2) is 13.0 Å². The lowest BCUT2D eigenvalue weighted by molar-refractivity contribution is -0.137. The van der Waals surface area contributed by atoms with Crippen LogP contribution < -0.4 is 10.1 Å². The molecular weight excluding hydrogens is 338 g/mol. The third-order valence-corrected chi connectivity index (χ3v) is 4.21. The second-order valence-electron chi connectivity index (χ2n) is 5.90. The predicted octanol–water partition coefficient (Wildman–Crippen LogP) is 4.60. The summed E-state index contributed by atoms with van der Waals surface area (Å²) in [6, 6.07) is 8.62. The molecule has 1 aliphatic carbocycles. The van der Waals surface area contributed by atoms with Crippen molar-refractivity contribution in [3.8, 4) is 5.75 Å². The van der Waals surface area contributed by atoms with Crippen molar-refractivity contribution in [3.63, 3.8) is 0 Å². The fourth-order valence-electron chi connectivity index (χ4n) is 2.77. The Kier molecular flexibility index (Phi) is 4.41. The largest absolute Gasteiger partial charge is 0.494 e. The van der Waals surface area contributed by atoms with Gasteiger partial charge in [0.25, 0.3) is 0 Å². The summed E-state index contributed by atoms with van der Waals surface area (Å²) in [5.74, 6) is -0.987. The third kappa shape index (κ3) is 3.75. The van der Waals surface area contributed by atoms with E-state index < -0.39 is 17.6 Å². The molecular formula is C18H15F4NO2. The molecule has 132 valence electrons. The van der Waals surface area contributed by atoms with Gasteiger partial charge in [-0.2, -0.15) is 13.2 Å². The van der Waals surface area contributed by atoms with E-state index in [2.05, 4.69) is 5.32 Å². The number of benzene rings is 2. The molecule has 0 aliphatic heterocycles. The van der Waals surface area contributed by atoms with E-state index in [1.807, 2.05) is 0 Å². The standard InChI is InChI=1S/C18H15F4NO2/c1-25-16-8-12(19)6-7-15(16)23-17(24)14-9-13(14)10-2-4-11(5-3-10)18(20,21)22/h2-8,13-14H,9H2,1H3,(H,23,24). The van der Waals surface area contributed by atoms with Crippen LogP contribution in [0.4, 0.5) is 23.2 Å². The average molecular weight is 353 g/mol. The molecule has 0 radical (unpaired) electrons. The van der Waals surface area contributed by atoms with Gasteiger partial charge in [0.15, 0.2) is 0 Å². The molecule has 0 saturated heterocycles. The van der Waals surface area contributed by atoms with Crippen molar-refractivity contribution in [2.24, 2.45) is 5.92 Å². The zero-order chi connectivity index (χ0) is 18.2.